The van der Waals surface area contributed by atoms with Crippen LogP contribution in [-0.2, 0) is 11.3 Å². The first-order valence-corrected chi connectivity index (χ1v) is 14.8. The molecule has 0 bridgehead atoms. The third-order valence-corrected chi connectivity index (χ3v) is 8.83. The Balaban J connectivity index is 1.08. The molecule has 6 nitrogen and oxygen atoms in total. The second-order valence-electron chi connectivity index (χ2n) is 11.0. The van der Waals surface area contributed by atoms with E-state index in [1.54, 1.807) is 0 Å². The molecule has 39 heavy (non-hydrogen) atoms. The van der Waals surface area contributed by atoms with Gasteiger partial charge in [-0.3, -0.25) is 14.3 Å². The third-order valence-electron chi connectivity index (χ3n) is 8.30. The molecule has 0 radical (unpaired) electrons. The van der Waals surface area contributed by atoms with Gasteiger partial charge in [0.1, 0.15) is 5.82 Å². The number of carbonyl (C=O) groups excluding carboxylic acids is 1. The Morgan fingerprint density at radius 1 is 0.897 bits per heavy atom. The Bertz CT molecular complexity index is 1460. The summed E-state index contributed by atoms with van der Waals surface area (Å²) in [6.45, 7) is 10.4. The van der Waals surface area contributed by atoms with Crippen molar-refractivity contribution in [2.45, 2.75) is 33.2 Å². The molecule has 3 aromatic carbocycles. The molecular formula is C32H36BrN5O. The predicted octanol–water partition coefficient (Wildman–Crippen LogP) is 5.97. The van der Waals surface area contributed by atoms with Crippen LogP contribution in [0.15, 0.2) is 71.2 Å². The Labute approximate surface area is 239 Å². The summed E-state index contributed by atoms with van der Waals surface area (Å²) in [6, 6.07) is 23.4. The van der Waals surface area contributed by atoms with Crippen LogP contribution in [0, 0.1) is 19.8 Å². The van der Waals surface area contributed by atoms with E-state index in [2.05, 4.69) is 110 Å². The number of benzene rings is 3. The van der Waals surface area contributed by atoms with Crippen LogP contribution in [0.5, 0.6) is 0 Å². The first-order valence-electron chi connectivity index (χ1n) is 14.0. The quantitative estimate of drug-likeness (QED) is 0.289. The lowest BCUT2D eigenvalue weighted by Crippen LogP contribution is -2.51. The smallest absolute Gasteiger partial charge is 0.225 e. The molecule has 0 N–H and O–H groups in total. The summed E-state index contributed by atoms with van der Waals surface area (Å²) in [6.07, 6.45) is 1.82. The van der Waals surface area contributed by atoms with Crippen molar-refractivity contribution in [3.05, 3.63) is 88.2 Å². The molecule has 202 valence electrons. The Morgan fingerprint density at radius 2 is 1.62 bits per heavy atom. The molecule has 0 unspecified atom stereocenters. The molecule has 0 aliphatic carbocycles. The number of piperazine rings is 1. The highest BCUT2D eigenvalue weighted by atomic mass is 79.9. The van der Waals surface area contributed by atoms with Crippen LogP contribution in [0.3, 0.4) is 0 Å². The van der Waals surface area contributed by atoms with Crippen LogP contribution in [0.4, 0.5) is 5.69 Å². The normalized spacial score (nSPS) is 17.2. The minimum Gasteiger partial charge on any atom is -0.368 e. The number of hydrogen-bond acceptors (Lipinski definition) is 4. The fourth-order valence-corrected chi connectivity index (χ4v) is 6.45. The number of halogens is 1. The van der Waals surface area contributed by atoms with E-state index in [4.69, 9.17) is 4.98 Å². The maximum absolute atomic E-state index is 13.4. The number of carbonyl (C=O) groups is 1. The standard InChI is InChI=1S/C32H36BrN5O/c1-23-7-12-29(24(2)21-23)36-17-19-37(20-18-36)32(39)25-13-15-35(16-14-25)22-31-34-28-5-3-4-6-30(28)38(31)27-10-8-26(33)9-11-27/h3-12,21,25H,13-20,22H2,1-2H3. The molecule has 2 saturated heterocycles. The molecule has 0 saturated carbocycles. The van der Waals surface area contributed by atoms with E-state index in [9.17, 15) is 4.79 Å². The number of amides is 1. The van der Waals surface area contributed by atoms with Crippen LogP contribution >= 0.6 is 15.9 Å². The number of anilines is 1. The van der Waals surface area contributed by atoms with Crippen LogP contribution in [0.2, 0.25) is 0 Å². The van der Waals surface area contributed by atoms with Crippen LogP contribution in [0.25, 0.3) is 16.7 Å². The van der Waals surface area contributed by atoms with Crippen molar-refractivity contribution in [1.29, 1.82) is 0 Å². The molecule has 0 spiro atoms. The number of fused-ring (bicyclic) bond motifs is 1. The number of likely N-dealkylation sites (tertiary alicyclic amines) is 1. The Morgan fingerprint density at radius 3 is 2.33 bits per heavy atom. The summed E-state index contributed by atoms with van der Waals surface area (Å²) in [7, 11) is 0. The number of imidazole rings is 1. The van der Waals surface area contributed by atoms with Crippen molar-refractivity contribution in [3.63, 3.8) is 0 Å². The fraction of sp³-hybridized carbons (Fsp3) is 0.375. The lowest BCUT2D eigenvalue weighted by Gasteiger charge is -2.39. The van der Waals surface area contributed by atoms with Gasteiger partial charge in [0, 0.05) is 47.9 Å². The molecular weight excluding hydrogens is 550 g/mol. The highest BCUT2D eigenvalue weighted by Crippen LogP contribution is 2.27. The van der Waals surface area contributed by atoms with E-state index >= 15 is 0 Å². The van der Waals surface area contributed by atoms with Gasteiger partial charge in [-0.1, -0.05) is 45.8 Å². The zero-order valence-electron chi connectivity index (χ0n) is 22.8. The Kier molecular flexibility index (Phi) is 7.45. The summed E-state index contributed by atoms with van der Waals surface area (Å²) in [5, 5.41) is 0. The van der Waals surface area contributed by atoms with Crippen LogP contribution in [0.1, 0.15) is 29.8 Å². The van der Waals surface area contributed by atoms with Crippen molar-refractivity contribution >= 4 is 38.6 Å². The van der Waals surface area contributed by atoms with Gasteiger partial charge in [-0.25, -0.2) is 4.98 Å². The third kappa shape index (κ3) is 5.48. The maximum Gasteiger partial charge on any atom is 0.225 e. The zero-order valence-corrected chi connectivity index (χ0v) is 24.4. The molecule has 6 rings (SSSR count). The SMILES string of the molecule is Cc1ccc(N2CCN(C(=O)C3CCN(Cc4nc5ccccc5n4-c4ccc(Br)cc4)CC3)CC2)c(C)c1. The van der Waals surface area contributed by atoms with Crippen molar-refractivity contribution in [3.8, 4) is 5.69 Å². The zero-order chi connectivity index (χ0) is 26.9. The molecule has 2 aliphatic heterocycles. The number of aromatic nitrogens is 2. The summed E-state index contributed by atoms with van der Waals surface area (Å²) in [5.74, 6) is 1.52. The minimum absolute atomic E-state index is 0.124. The van der Waals surface area contributed by atoms with Gasteiger partial charge in [-0.2, -0.15) is 0 Å². The highest BCUT2D eigenvalue weighted by Gasteiger charge is 2.31. The van der Waals surface area contributed by atoms with Crippen LogP contribution < -0.4 is 4.90 Å². The predicted molar refractivity (Wildman–Crippen MR) is 161 cm³/mol. The molecule has 1 aromatic heterocycles. The van der Waals surface area contributed by atoms with Gasteiger partial charge >= 0.3 is 0 Å². The van der Waals surface area contributed by atoms with E-state index in [1.165, 1.54) is 16.8 Å². The van der Waals surface area contributed by atoms with Gasteiger partial charge in [0.2, 0.25) is 5.91 Å². The van der Waals surface area contributed by atoms with E-state index < -0.39 is 0 Å². The lowest BCUT2D eigenvalue weighted by molar-refractivity contribution is -0.137. The minimum atomic E-state index is 0.124. The molecule has 3 heterocycles. The number of piperidine rings is 1. The molecule has 0 atom stereocenters. The number of aryl methyl sites for hydroxylation is 2. The average Bonchev–Trinajstić information content (AvgIpc) is 3.31. The van der Waals surface area contributed by atoms with Crippen molar-refractivity contribution < 1.29 is 4.79 Å². The van der Waals surface area contributed by atoms with Gasteiger partial charge in [0.15, 0.2) is 0 Å². The van der Waals surface area contributed by atoms with E-state index in [0.717, 1.165) is 85.7 Å². The molecule has 2 aliphatic rings. The van der Waals surface area contributed by atoms with Gasteiger partial charge < -0.3 is 9.80 Å². The number of rotatable bonds is 5. The monoisotopic (exact) mass is 585 g/mol. The van der Waals surface area contributed by atoms with Crippen molar-refractivity contribution in [2.24, 2.45) is 5.92 Å². The molecule has 4 aromatic rings. The van der Waals surface area contributed by atoms with Gasteiger partial charge in [-0.05, 0) is 87.8 Å². The number of nitrogens with zero attached hydrogens (tertiary/aromatic N) is 5. The van der Waals surface area contributed by atoms with Crippen LogP contribution in [-0.4, -0.2) is 64.5 Å². The summed E-state index contributed by atoms with van der Waals surface area (Å²) in [5.41, 5.74) is 7.17. The first-order chi connectivity index (χ1) is 19.0. The van der Waals surface area contributed by atoms with E-state index in [1.807, 2.05) is 6.07 Å². The second-order valence-corrected chi connectivity index (χ2v) is 11.9. The molecule has 2 fully saturated rings. The lowest BCUT2D eigenvalue weighted by atomic mass is 9.95. The number of hydrogen-bond donors (Lipinski definition) is 0. The van der Waals surface area contributed by atoms with Gasteiger partial charge in [-0.15, -0.1) is 0 Å². The molecule has 7 heteroatoms. The van der Waals surface area contributed by atoms with Gasteiger partial charge in [0.25, 0.3) is 0 Å². The van der Waals surface area contributed by atoms with E-state index in [0.29, 0.717) is 5.91 Å². The summed E-state index contributed by atoms with van der Waals surface area (Å²) >= 11 is 3.55. The highest BCUT2D eigenvalue weighted by molar-refractivity contribution is 9.10. The van der Waals surface area contributed by atoms with E-state index in [-0.39, 0.29) is 5.92 Å². The summed E-state index contributed by atoms with van der Waals surface area (Å²) in [4.78, 5) is 25.4. The maximum atomic E-state index is 13.4. The average molecular weight is 587 g/mol. The van der Waals surface area contributed by atoms with Crippen molar-refractivity contribution in [2.75, 3.05) is 44.2 Å². The topological polar surface area (TPSA) is 44.6 Å². The summed E-state index contributed by atoms with van der Waals surface area (Å²) < 4.78 is 3.34. The fourth-order valence-electron chi connectivity index (χ4n) is 6.18. The molecule has 1 amide bonds. The van der Waals surface area contributed by atoms with Gasteiger partial charge in [0.05, 0.1) is 17.6 Å². The first kappa shape index (κ1) is 26.1. The number of para-hydroxylation sites is 2. The van der Waals surface area contributed by atoms with Crippen molar-refractivity contribution in [1.82, 2.24) is 19.4 Å². The second kappa shape index (κ2) is 11.1. The Hall–Kier alpha value is -3.16. The largest absolute Gasteiger partial charge is 0.368 e.